The molecule has 1 aliphatic heterocycles. The maximum Gasteiger partial charge on any atom is 0.306 e. The van der Waals surface area contributed by atoms with Crippen molar-refractivity contribution in [2.75, 3.05) is 4.90 Å². The second-order valence-corrected chi connectivity index (χ2v) is 5.00. The van der Waals surface area contributed by atoms with Crippen molar-refractivity contribution in [1.82, 2.24) is 0 Å². The molecule has 0 aromatic heterocycles. The molecule has 0 spiro atoms. The van der Waals surface area contributed by atoms with E-state index in [4.69, 9.17) is 0 Å². The number of anilines is 1. The molecule has 0 fully saturated rings. The zero-order valence-corrected chi connectivity index (χ0v) is 11.0. The molecular weight excluding hydrogens is 279 g/mol. The summed E-state index contributed by atoms with van der Waals surface area (Å²) in [6.45, 7) is 0. The lowest BCUT2D eigenvalue weighted by Crippen LogP contribution is -2.31. The number of imide groups is 1. The highest BCUT2D eigenvalue weighted by molar-refractivity contribution is 6.33. The molecule has 6 nitrogen and oxygen atoms in total. The van der Waals surface area contributed by atoms with Crippen LogP contribution in [0.3, 0.4) is 0 Å². The van der Waals surface area contributed by atoms with Crippen LogP contribution in [-0.4, -0.2) is 16.7 Å². The highest BCUT2D eigenvalue weighted by Gasteiger charge is 2.40. The van der Waals surface area contributed by atoms with Crippen LogP contribution in [0.2, 0.25) is 0 Å². The van der Waals surface area contributed by atoms with Gasteiger partial charge in [0, 0.05) is 17.2 Å². The monoisotopic (exact) mass is 290 g/mol. The van der Waals surface area contributed by atoms with E-state index in [0.29, 0.717) is 24.0 Å². The Kier molecular flexibility index (Phi) is 3.04. The fraction of sp³-hybridized carbons (Fsp3) is 0.286. The Bertz CT molecular complexity index is 683. The number of benzene rings is 1. The minimum absolute atomic E-state index is 0.0347. The van der Waals surface area contributed by atoms with E-state index in [-0.39, 0.29) is 5.69 Å². The molecule has 0 saturated carbocycles. The second-order valence-electron chi connectivity index (χ2n) is 5.00. The molecular formula is C14H11FN2O4. The molecule has 1 heterocycles. The van der Waals surface area contributed by atoms with Crippen LogP contribution >= 0.6 is 0 Å². The average Bonchev–Trinajstić information content (AvgIpc) is 2.72. The number of nitro benzene ring substituents is 1. The molecule has 108 valence electrons. The molecule has 0 saturated heterocycles. The summed E-state index contributed by atoms with van der Waals surface area (Å²) in [6, 6.07) is 3.02. The van der Waals surface area contributed by atoms with Crippen LogP contribution < -0.4 is 4.90 Å². The Hall–Kier alpha value is -2.57. The van der Waals surface area contributed by atoms with E-state index in [9.17, 15) is 24.1 Å². The van der Waals surface area contributed by atoms with Crippen LogP contribution in [0.5, 0.6) is 0 Å². The highest BCUT2D eigenvalue weighted by atomic mass is 19.1. The number of halogens is 1. The van der Waals surface area contributed by atoms with Gasteiger partial charge in [-0.15, -0.1) is 0 Å². The zero-order valence-electron chi connectivity index (χ0n) is 11.0. The normalized spacial score (nSPS) is 18.2. The summed E-state index contributed by atoms with van der Waals surface area (Å²) < 4.78 is 13.4. The van der Waals surface area contributed by atoms with Gasteiger partial charge in [0.05, 0.1) is 10.6 Å². The lowest BCUT2D eigenvalue weighted by atomic mass is 9.93. The average molecular weight is 290 g/mol. The van der Waals surface area contributed by atoms with E-state index < -0.39 is 28.2 Å². The SMILES string of the molecule is O=C1C2=C(CCCC2)C(=O)N1c1ccc(F)c([N+](=O)[O-])c1. The van der Waals surface area contributed by atoms with Gasteiger partial charge in [0.2, 0.25) is 5.82 Å². The summed E-state index contributed by atoms with van der Waals surface area (Å²) in [5.74, 6) is -1.90. The van der Waals surface area contributed by atoms with Crippen LogP contribution in [-0.2, 0) is 9.59 Å². The van der Waals surface area contributed by atoms with Gasteiger partial charge in [-0.1, -0.05) is 0 Å². The Morgan fingerprint density at radius 3 is 2.19 bits per heavy atom. The summed E-state index contributed by atoms with van der Waals surface area (Å²) in [7, 11) is 0. The van der Waals surface area contributed by atoms with Gasteiger partial charge in [0.1, 0.15) is 0 Å². The predicted molar refractivity (Wildman–Crippen MR) is 71.0 cm³/mol. The fourth-order valence-electron chi connectivity index (χ4n) is 2.75. The van der Waals surface area contributed by atoms with Crippen molar-refractivity contribution >= 4 is 23.2 Å². The Morgan fingerprint density at radius 1 is 1.10 bits per heavy atom. The summed E-state index contributed by atoms with van der Waals surface area (Å²) in [5, 5.41) is 10.8. The highest BCUT2D eigenvalue weighted by Crippen LogP contribution is 2.36. The summed E-state index contributed by atoms with van der Waals surface area (Å²) in [6.07, 6.45) is 2.77. The molecule has 0 bridgehead atoms. The number of amides is 2. The third-order valence-electron chi connectivity index (χ3n) is 3.77. The van der Waals surface area contributed by atoms with Crippen LogP contribution in [0.25, 0.3) is 0 Å². The molecule has 7 heteroatoms. The molecule has 2 amide bonds. The van der Waals surface area contributed by atoms with Crippen molar-refractivity contribution in [2.24, 2.45) is 0 Å². The van der Waals surface area contributed by atoms with E-state index in [0.717, 1.165) is 29.9 Å². The van der Waals surface area contributed by atoms with Crippen molar-refractivity contribution in [3.63, 3.8) is 0 Å². The number of hydrogen-bond acceptors (Lipinski definition) is 4. The van der Waals surface area contributed by atoms with Gasteiger partial charge in [-0.25, -0.2) is 4.90 Å². The van der Waals surface area contributed by atoms with Crippen LogP contribution in [0.4, 0.5) is 15.8 Å². The number of rotatable bonds is 2. The maximum absolute atomic E-state index is 13.4. The van der Waals surface area contributed by atoms with E-state index in [1.807, 2.05) is 0 Å². The molecule has 21 heavy (non-hydrogen) atoms. The molecule has 0 unspecified atom stereocenters. The minimum Gasteiger partial charge on any atom is -0.269 e. The standard InChI is InChI=1S/C14H11FN2O4/c15-11-6-5-8(7-12(11)17(20)21)16-13(18)9-3-1-2-4-10(9)14(16)19/h5-7H,1-4H2. The van der Waals surface area contributed by atoms with E-state index in [2.05, 4.69) is 0 Å². The van der Waals surface area contributed by atoms with E-state index in [1.54, 1.807) is 0 Å². The van der Waals surface area contributed by atoms with Crippen molar-refractivity contribution in [3.8, 4) is 0 Å². The first-order valence-electron chi connectivity index (χ1n) is 6.55. The third kappa shape index (κ3) is 2.01. The molecule has 1 aliphatic carbocycles. The lowest BCUT2D eigenvalue weighted by Gasteiger charge is -2.14. The van der Waals surface area contributed by atoms with Crippen LogP contribution in [0, 0.1) is 15.9 Å². The Morgan fingerprint density at radius 2 is 1.67 bits per heavy atom. The topological polar surface area (TPSA) is 80.5 Å². The van der Waals surface area contributed by atoms with Gasteiger partial charge in [-0.2, -0.15) is 4.39 Å². The first-order chi connectivity index (χ1) is 10.0. The third-order valence-corrected chi connectivity index (χ3v) is 3.77. The maximum atomic E-state index is 13.4. The number of carbonyl (C=O) groups excluding carboxylic acids is 2. The van der Waals surface area contributed by atoms with Gasteiger partial charge in [0.25, 0.3) is 11.8 Å². The second kappa shape index (κ2) is 4.76. The quantitative estimate of drug-likeness (QED) is 0.476. The summed E-state index contributed by atoms with van der Waals surface area (Å²) >= 11 is 0. The van der Waals surface area contributed by atoms with E-state index in [1.165, 1.54) is 6.07 Å². The summed E-state index contributed by atoms with van der Waals surface area (Å²) in [5.41, 5.74) is 0.252. The number of nitrogens with zero attached hydrogens (tertiary/aromatic N) is 2. The first-order valence-corrected chi connectivity index (χ1v) is 6.55. The largest absolute Gasteiger partial charge is 0.306 e. The van der Waals surface area contributed by atoms with Gasteiger partial charge in [-0.05, 0) is 37.8 Å². The van der Waals surface area contributed by atoms with Crippen molar-refractivity contribution in [1.29, 1.82) is 0 Å². The number of carbonyl (C=O) groups is 2. The number of hydrogen-bond donors (Lipinski definition) is 0. The molecule has 0 atom stereocenters. The Labute approximate surface area is 119 Å². The van der Waals surface area contributed by atoms with Crippen molar-refractivity contribution in [3.05, 3.63) is 45.3 Å². The van der Waals surface area contributed by atoms with Crippen LogP contribution in [0.15, 0.2) is 29.3 Å². The summed E-state index contributed by atoms with van der Waals surface area (Å²) in [4.78, 5) is 35.4. The predicted octanol–water partition coefficient (Wildman–Crippen LogP) is 2.48. The smallest absolute Gasteiger partial charge is 0.269 e. The molecule has 1 aromatic carbocycles. The molecule has 2 aliphatic rings. The first kappa shape index (κ1) is 13.4. The number of nitro groups is 1. The van der Waals surface area contributed by atoms with Gasteiger partial charge < -0.3 is 0 Å². The fourth-order valence-corrected chi connectivity index (χ4v) is 2.75. The Balaban J connectivity index is 2.03. The van der Waals surface area contributed by atoms with Crippen molar-refractivity contribution < 1.29 is 18.9 Å². The molecule has 3 rings (SSSR count). The van der Waals surface area contributed by atoms with E-state index >= 15 is 0 Å². The van der Waals surface area contributed by atoms with Gasteiger partial charge in [0.15, 0.2) is 0 Å². The van der Waals surface area contributed by atoms with Gasteiger partial charge >= 0.3 is 5.69 Å². The minimum atomic E-state index is -0.999. The zero-order chi connectivity index (χ0) is 15.1. The molecule has 0 N–H and O–H groups in total. The molecule has 1 aromatic rings. The van der Waals surface area contributed by atoms with Gasteiger partial charge in [-0.3, -0.25) is 19.7 Å². The van der Waals surface area contributed by atoms with Crippen LogP contribution in [0.1, 0.15) is 25.7 Å². The molecule has 0 radical (unpaired) electrons. The lowest BCUT2D eigenvalue weighted by molar-refractivity contribution is -0.387. The van der Waals surface area contributed by atoms with Crippen molar-refractivity contribution in [2.45, 2.75) is 25.7 Å².